The van der Waals surface area contributed by atoms with Crippen LogP contribution in [0.25, 0.3) is 20.4 Å². The lowest BCUT2D eigenvalue weighted by Gasteiger charge is -2.31. The zero-order valence-electron chi connectivity index (χ0n) is 17.8. The molecule has 1 saturated heterocycles. The molecule has 0 amide bonds. The van der Waals surface area contributed by atoms with Gasteiger partial charge in [0.25, 0.3) is 0 Å². The van der Waals surface area contributed by atoms with Gasteiger partial charge in [-0.2, -0.15) is 0 Å². The van der Waals surface area contributed by atoms with Crippen molar-refractivity contribution >= 4 is 49.3 Å². The second-order valence-corrected chi connectivity index (χ2v) is 10.3. The number of ether oxygens (including phenoxy) is 1. The molecule has 5 nitrogen and oxygen atoms in total. The number of thioether (sulfide) groups is 1. The Morgan fingerprint density at radius 1 is 1.07 bits per heavy atom. The minimum atomic E-state index is 0.797. The maximum atomic E-state index is 5.59. The summed E-state index contributed by atoms with van der Waals surface area (Å²) in [7, 11) is 0. The monoisotopic (exact) mass is 442 g/mol. The Kier molecular flexibility index (Phi) is 6.39. The number of morpholine rings is 1. The van der Waals surface area contributed by atoms with Crippen molar-refractivity contribution in [2.45, 2.75) is 63.3 Å². The standard InChI is InChI=1S/C23H30N4OS2/c1-2-3-4-7-14-29-23-20-19(24-15-25-23)18-16-8-5-6-9-17(16)21(26-22(18)30-20)27-10-12-28-13-11-27/h15H,2-14H2,1H3. The fourth-order valence-electron chi connectivity index (χ4n) is 4.66. The first-order valence-corrected chi connectivity index (χ1v) is 13.2. The quantitative estimate of drug-likeness (QED) is 0.269. The molecule has 160 valence electrons. The Morgan fingerprint density at radius 2 is 1.90 bits per heavy atom. The van der Waals surface area contributed by atoms with Gasteiger partial charge < -0.3 is 9.64 Å². The van der Waals surface area contributed by atoms with Gasteiger partial charge in [0.05, 0.1) is 23.4 Å². The Morgan fingerprint density at radius 3 is 2.73 bits per heavy atom. The molecule has 0 radical (unpaired) electrons. The molecular formula is C23H30N4OS2. The van der Waals surface area contributed by atoms with Crippen molar-refractivity contribution < 1.29 is 4.74 Å². The summed E-state index contributed by atoms with van der Waals surface area (Å²) >= 11 is 3.68. The summed E-state index contributed by atoms with van der Waals surface area (Å²) < 4.78 is 6.82. The van der Waals surface area contributed by atoms with Crippen molar-refractivity contribution in [1.82, 2.24) is 15.0 Å². The van der Waals surface area contributed by atoms with Crippen molar-refractivity contribution in [2.75, 3.05) is 37.0 Å². The van der Waals surface area contributed by atoms with Crippen LogP contribution in [-0.4, -0.2) is 47.0 Å². The number of anilines is 1. The van der Waals surface area contributed by atoms with E-state index in [1.54, 1.807) is 17.7 Å². The van der Waals surface area contributed by atoms with Crippen LogP contribution in [0.4, 0.5) is 5.82 Å². The molecule has 1 fully saturated rings. The van der Waals surface area contributed by atoms with Crippen LogP contribution in [0.5, 0.6) is 0 Å². The molecule has 7 heteroatoms. The van der Waals surface area contributed by atoms with E-state index in [1.165, 1.54) is 65.6 Å². The summed E-state index contributed by atoms with van der Waals surface area (Å²) in [5.74, 6) is 2.33. The van der Waals surface area contributed by atoms with Crippen molar-refractivity contribution in [3.8, 4) is 0 Å². The van der Waals surface area contributed by atoms with E-state index in [0.29, 0.717) is 0 Å². The van der Waals surface area contributed by atoms with Gasteiger partial charge >= 0.3 is 0 Å². The second kappa shape index (κ2) is 9.37. The SMILES string of the molecule is CCCCCCSc1ncnc2c1sc1nc(N3CCOCC3)c3c(c12)CCCC3. The molecule has 3 aromatic heterocycles. The predicted octanol–water partition coefficient (Wildman–Crippen LogP) is 5.63. The molecule has 4 heterocycles. The molecule has 0 bridgehead atoms. The van der Waals surface area contributed by atoms with Crippen LogP contribution in [-0.2, 0) is 17.6 Å². The number of hydrogen-bond donors (Lipinski definition) is 0. The van der Waals surface area contributed by atoms with Crippen LogP contribution >= 0.6 is 23.1 Å². The lowest BCUT2D eigenvalue weighted by atomic mass is 9.90. The van der Waals surface area contributed by atoms with E-state index in [4.69, 9.17) is 14.7 Å². The molecule has 0 unspecified atom stereocenters. The fourth-order valence-corrected chi connectivity index (χ4v) is 6.89. The van der Waals surface area contributed by atoms with Gasteiger partial charge in [0.15, 0.2) is 0 Å². The number of hydrogen-bond acceptors (Lipinski definition) is 7. The van der Waals surface area contributed by atoms with E-state index in [1.807, 2.05) is 11.8 Å². The Hall–Kier alpha value is -1.44. The molecule has 1 aliphatic heterocycles. The topological polar surface area (TPSA) is 51.1 Å². The summed E-state index contributed by atoms with van der Waals surface area (Å²) in [4.78, 5) is 18.2. The summed E-state index contributed by atoms with van der Waals surface area (Å²) in [6.45, 7) is 5.73. The average molecular weight is 443 g/mol. The summed E-state index contributed by atoms with van der Waals surface area (Å²) in [6, 6.07) is 0. The molecule has 0 aromatic carbocycles. The number of fused-ring (bicyclic) bond motifs is 5. The van der Waals surface area contributed by atoms with Crippen molar-refractivity contribution in [2.24, 2.45) is 0 Å². The summed E-state index contributed by atoms with van der Waals surface area (Å²) in [5.41, 5.74) is 4.08. The van der Waals surface area contributed by atoms with E-state index in [-0.39, 0.29) is 0 Å². The molecule has 1 aliphatic carbocycles. The van der Waals surface area contributed by atoms with Crippen molar-refractivity contribution in [3.63, 3.8) is 0 Å². The minimum Gasteiger partial charge on any atom is -0.378 e. The Labute approximate surface area is 186 Å². The molecule has 30 heavy (non-hydrogen) atoms. The van der Waals surface area contributed by atoms with E-state index in [2.05, 4.69) is 16.8 Å². The van der Waals surface area contributed by atoms with Crippen LogP contribution in [0.15, 0.2) is 11.4 Å². The van der Waals surface area contributed by atoms with Crippen molar-refractivity contribution in [3.05, 3.63) is 17.5 Å². The highest BCUT2D eigenvalue weighted by atomic mass is 32.2. The number of rotatable bonds is 7. The maximum Gasteiger partial charge on any atom is 0.133 e. The number of aryl methyl sites for hydroxylation is 1. The molecule has 0 spiro atoms. The largest absolute Gasteiger partial charge is 0.378 e. The number of nitrogens with zero attached hydrogens (tertiary/aromatic N) is 4. The number of aromatic nitrogens is 3. The first-order valence-electron chi connectivity index (χ1n) is 11.4. The number of unbranched alkanes of at least 4 members (excludes halogenated alkanes) is 3. The molecule has 0 N–H and O–H groups in total. The fraction of sp³-hybridized carbons (Fsp3) is 0.609. The van der Waals surface area contributed by atoms with Gasteiger partial charge in [-0.3, -0.25) is 0 Å². The second-order valence-electron chi connectivity index (χ2n) is 8.25. The lowest BCUT2D eigenvalue weighted by molar-refractivity contribution is 0.122. The molecule has 5 rings (SSSR count). The van der Waals surface area contributed by atoms with Gasteiger partial charge in [-0.05, 0) is 49.0 Å². The summed E-state index contributed by atoms with van der Waals surface area (Å²) in [6.07, 6.45) is 11.7. The van der Waals surface area contributed by atoms with Crippen molar-refractivity contribution in [1.29, 1.82) is 0 Å². The molecule has 0 atom stereocenters. The van der Waals surface area contributed by atoms with Crippen LogP contribution in [0.1, 0.15) is 56.6 Å². The van der Waals surface area contributed by atoms with Crippen LogP contribution < -0.4 is 4.90 Å². The van der Waals surface area contributed by atoms with Gasteiger partial charge in [-0.1, -0.05) is 26.2 Å². The third kappa shape index (κ3) is 3.92. The van der Waals surface area contributed by atoms with Crippen LogP contribution in [0.2, 0.25) is 0 Å². The smallest absolute Gasteiger partial charge is 0.133 e. The summed E-state index contributed by atoms with van der Waals surface area (Å²) in [5, 5.41) is 2.44. The average Bonchev–Trinajstić information content (AvgIpc) is 3.18. The highest BCUT2D eigenvalue weighted by Crippen LogP contribution is 2.43. The molecule has 3 aromatic rings. The van der Waals surface area contributed by atoms with E-state index < -0.39 is 0 Å². The van der Waals surface area contributed by atoms with Crippen LogP contribution in [0.3, 0.4) is 0 Å². The number of pyridine rings is 1. The normalized spacial score (nSPS) is 17.0. The van der Waals surface area contributed by atoms with Gasteiger partial charge in [0.2, 0.25) is 0 Å². The van der Waals surface area contributed by atoms with E-state index in [0.717, 1.165) is 60.3 Å². The highest BCUT2D eigenvalue weighted by Gasteiger charge is 2.26. The van der Waals surface area contributed by atoms with Gasteiger partial charge in [-0.25, -0.2) is 15.0 Å². The first-order chi connectivity index (χ1) is 14.9. The Bertz CT molecular complexity index is 1030. The van der Waals surface area contributed by atoms with E-state index in [9.17, 15) is 0 Å². The zero-order chi connectivity index (χ0) is 20.3. The maximum absolute atomic E-state index is 5.59. The van der Waals surface area contributed by atoms with Gasteiger partial charge in [0.1, 0.15) is 22.0 Å². The minimum absolute atomic E-state index is 0.797. The molecule has 2 aliphatic rings. The first kappa shape index (κ1) is 20.5. The third-order valence-electron chi connectivity index (χ3n) is 6.21. The number of thiophene rings is 1. The molecule has 0 saturated carbocycles. The highest BCUT2D eigenvalue weighted by molar-refractivity contribution is 7.99. The lowest BCUT2D eigenvalue weighted by Crippen LogP contribution is -2.37. The van der Waals surface area contributed by atoms with Gasteiger partial charge in [0, 0.05) is 18.5 Å². The van der Waals surface area contributed by atoms with Gasteiger partial charge in [-0.15, -0.1) is 23.1 Å². The zero-order valence-corrected chi connectivity index (χ0v) is 19.4. The predicted molar refractivity (Wildman–Crippen MR) is 127 cm³/mol. The van der Waals surface area contributed by atoms with Crippen LogP contribution in [0, 0.1) is 0 Å². The Balaban J connectivity index is 1.56. The molecular weight excluding hydrogens is 412 g/mol. The third-order valence-corrected chi connectivity index (χ3v) is 8.50. The van der Waals surface area contributed by atoms with E-state index >= 15 is 0 Å².